The van der Waals surface area contributed by atoms with Crippen LogP contribution in [0, 0.1) is 5.41 Å². The lowest BCUT2D eigenvalue weighted by molar-refractivity contribution is -0.163. The summed E-state index contributed by atoms with van der Waals surface area (Å²) in [5.41, 5.74) is -1.30. The molecule has 0 aromatic heterocycles. The van der Waals surface area contributed by atoms with Crippen LogP contribution in [-0.4, -0.2) is 91.3 Å². The van der Waals surface area contributed by atoms with E-state index in [0.717, 1.165) is 57.6 Å². The van der Waals surface area contributed by atoms with Crippen molar-refractivity contribution in [2.45, 2.75) is 83.9 Å². The number of hydrogen-bond acceptors (Lipinski definition) is 8. The molecule has 0 aliphatic carbocycles. The first-order valence-corrected chi connectivity index (χ1v) is 13.1. The van der Waals surface area contributed by atoms with Gasteiger partial charge in [0.2, 0.25) is 0 Å². The van der Waals surface area contributed by atoms with Gasteiger partial charge in [0.05, 0.1) is 11.6 Å². The zero-order valence-corrected chi connectivity index (χ0v) is 21.9. The lowest BCUT2D eigenvalue weighted by Gasteiger charge is -2.47. The predicted molar refractivity (Wildman–Crippen MR) is 131 cm³/mol. The van der Waals surface area contributed by atoms with E-state index in [9.17, 15) is 9.59 Å². The Morgan fingerprint density at radius 3 is 2.50 bits per heavy atom. The molecule has 7 nitrogen and oxygen atoms in total. The highest BCUT2D eigenvalue weighted by atomic mass is 32.2. The number of esters is 1. The van der Waals surface area contributed by atoms with Crippen molar-refractivity contribution < 1.29 is 19.1 Å². The zero-order chi connectivity index (χ0) is 23.8. The monoisotopic (exact) mass is 471 g/mol. The molecule has 1 unspecified atom stereocenters. The number of piperidine rings is 1. The maximum absolute atomic E-state index is 12.9. The number of ether oxygens (including phenoxy) is 2. The van der Waals surface area contributed by atoms with Crippen LogP contribution in [0.15, 0.2) is 0 Å². The molecule has 186 valence electrons. The molecule has 0 aromatic rings. The Hall–Kier alpha value is -0.670. The smallest absolute Gasteiger partial charge is 0.319 e. The number of Topliss-reactive ketones (excluding diaryl/α,β-unsaturated/α-hetero) is 1. The van der Waals surface area contributed by atoms with E-state index in [4.69, 9.17) is 9.47 Å². The summed E-state index contributed by atoms with van der Waals surface area (Å²) in [6, 6.07) is 0.512. The molecule has 0 aromatic carbocycles. The van der Waals surface area contributed by atoms with Gasteiger partial charge in [-0.25, -0.2) is 0 Å². The number of cyclic esters (lactones) is 1. The number of hydrogen-bond donors (Lipinski definition) is 1. The van der Waals surface area contributed by atoms with Gasteiger partial charge < -0.3 is 14.8 Å². The Morgan fingerprint density at radius 2 is 1.88 bits per heavy atom. The SMILES string of the molecule is COC1CCCN(C)C2(CCN(SCCNC(C)C)CC2)COC(=O)C(C)(C)C(=O)CC1. The molecule has 1 N–H and O–H groups in total. The molecular formula is C24H45N3O4S. The minimum Gasteiger partial charge on any atom is -0.463 e. The third-order valence-corrected chi connectivity index (χ3v) is 8.23. The van der Waals surface area contributed by atoms with Crippen LogP contribution in [0.25, 0.3) is 0 Å². The minimum absolute atomic E-state index is 0.0496. The van der Waals surface area contributed by atoms with Crippen molar-refractivity contribution in [2.75, 3.05) is 52.7 Å². The van der Waals surface area contributed by atoms with Crippen molar-refractivity contribution in [1.29, 1.82) is 0 Å². The number of carbonyl (C=O) groups is 2. The Bertz CT molecular complexity index is 606. The highest BCUT2D eigenvalue weighted by Gasteiger charge is 2.43. The van der Waals surface area contributed by atoms with Crippen molar-refractivity contribution in [1.82, 2.24) is 14.5 Å². The predicted octanol–water partition coefficient (Wildman–Crippen LogP) is 3.13. The third-order valence-electron chi connectivity index (χ3n) is 7.12. The molecule has 2 rings (SSSR count). The molecule has 0 saturated carbocycles. The molecule has 2 aliphatic rings. The summed E-state index contributed by atoms with van der Waals surface area (Å²) in [6.07, 6.45) is 4.87. The van der Waals surface area contributed by atoms with Crippen LogP contribution in [0.3, 0.4) is 0 Å². The van der Waals surface area contributed by atoms with Gasteiger partial charge in [0.25, 0.3) is 0 Å². The van der Waals surface area contributed by atoms with Crippen LogP contribution in [-0.2, 0) is 19.1 Å². The molecule has 1 atom stereocenters. The minimum atomic E-state index is -1.12. The zero-order valence-electron chi connectivity index (χ0n) is 21.1. The van der Waals surface area contributed by atoms with Gasteiger partial charge in [-0.2, -0.15) is 0 Å². The van der Waals surface area contributed by atoms with Crippen molar-refractivity contribution in [3.8, 4) is 0 Å². The standard InChI is InChI=1S/C24H45N3O4S/c1-19(2)25-13-17-32-27-15-11-24(12-16-27)18-31-22(29)23(3,4)21(28)10-9-20(30-6)8-7-14-26(24)5/h19-20,25H,7-18H2,1-6H3. The molecule has 32 heavy (non-hydrogen) atoms. The van der Waals surface area contributed by atoms with Crippen LogP contribution in [0.5, 0.6) is 0 Å². The Balaban J connectivity index is 2.05. The van der Waals surface area contributed by atoms with Crippen LogP contribution in [0.4, 0.5) is 0 Å². The topological polar surface area (TPSA) is 71.1 Å². The second kappa shape index (κ2) is 12.7. The molecule has 2 fully saturated rings. The summed E-state index contributed by atoms with van der Waals surface area (Å²) < 4.78 is 13.9. The van der Waals surface area contributed by atoms with E-state index in [-0.39, 0.29) is 17.4 Å². The van der Waals surface area contributed by atoms with Crippen molar-refractivity contribution >= 4 is 23.7 Å². The van der Waals surface area contributed by atoms with Gasteiger partial charge in [-0.05, 0) is 59.5 Å². The molecule has 0 radical (unpaired) electrons. The Morgan fingerprint density at radius 1 is 1.19 bits per heavy atom. The molecule has 0 amide bonds. The highest BCUT2D eigenvalue weighted by Crippen LogP contribution is 2.33. The first-order valence-electron chi connectivity index (χ1n) is 12.2. The van der Waals surface area contributed by atoms with Crippen molar-refractivity contribution in [3.63, 3.8) is 0 Å². The fourth-order valence-corrected chi connectivity index (χ4v) is 5.37. The number of carbonyl (C=O) groups excluding carboxylic acids is 2. The van der Waals surface area contributed by atoms with Gasteiger partial charge in [-0.3, -0.25) is 18.8 Å². The van der Waals surface area contributed by atoms with Crippen LogP contribution in [0.1, 0.15) is 66.2 Å². The fourth-order valence-electron chi connectivity index (χ4n) is 4.46. The maximum atomic E-state index is 12.9. The van der Waals surface area contributed by atoms with E-state index in [1.54, 1.807) is 21.0 Å². The first-order chi connectivity index (χ1) is 15.1. The summed E-state index contributed by atoms with van der Waals surface area (Å²) in [6.45, 7) is 11.9. The van der Waals surface area contributed by atoms with E-state index in [2.05, 4.69) is 35.4 Å². The van der Waals surface area contributed by atoms with Gasteiger partial charge in [0, 0.05) is 45.0 Å². The second-order valence-corrected chi connectivity index (χ2v) is 11.4. The van der Waals surface area contributed by atoms with Crippen LogP contribution < -0.4 is 5.32 Å². The van der Waals surface area contributed by atoms with Gasteiger partial charge in [0.15, 0.2) is 0 Å². The largest absolute Gasteiger partial charge is 0.463 e. The van der Waals surface area contributed by atoms with E-state index < -0.39 is 11.4 Å². The Labute approximate surface area is 199 Å². The fraction of sp³-hybridized carbons (Fsp3) is 0.917. The maximum Gasteiger partial charge on any atom is 0.319 e. The number of ketones is 1. The summed E-state index contributed by atoms with van der Waals surface area (Å²) in [5.74, 6) is 0.595. The average Bonchev–Trinajstić information content (AvgIpc) is 2.77. The van der Waals surface area contributed by atoms with Crippen LogP contribution in [0.2, 0.25) is 0 Å². The molecule has 2 saturated heterocycles. The van der Waals surface area contributed by atoms with E-state index in [0.29, 0.717) is 25.5 Å². The number of rotatable bonds is 6. The summed E-state index contributed by atoms with van der Waals surface area (Å²) in [5, 5.41) is 3.47. The first kappa shape index (κ1) is 27.6. The summed E-state index contributed by atoms with van der Waals surface area (Å²) in [7, 11) is 3.86. The van der Waals surface area contributed by atoms with Crippen LogP contribution >= 0.6 is 11.9 Å². The molecule has 1 spiro atoms. The molecular weight excluding hydrogens is 426 g/mol. The number of likely N-dealkylation sites (N-methyl/N-ethyl adjacent to an activating group) is 1. The number of nitrogens with zero attached hydrogens (tertiary/aromatic N) is 2. The second-order valence-electron chi connectivity index (χ2n) is 10.2. The lowest BCUT2D eigenvalue weighted by Crippen LogP contribution is -2.57. The highest BCUT2D eigenvalue weighted by molar-refractivity contribution is 7.97. The molecule has 8 heteroatoms. The van der Waals surface area contributed by atoms with E-state index >= 15 is 0 Å². The van der Waals surface area contributed by atoms with Crippen molar-refractivity contribution in [3.05, 3.63) is 0 Å². The van der Waals surface area contributed by atoms with Gasteiger partial charge >= 0.3 is 5.97 Å². The van der Waals surface area contributed by atoms with E-state index in [1.807, 2.05) is 11.9 Å². The molecule has 2 aliphatic heterocycles. The quantitative estimate of drug-likeness (QED) is 0.274. The Kier molecular flexibility index (Phi) is 10.9. The van der Waals surface area contributed by atoms with Gasteiger partial charge in [0.1, 0.15) is 17.8 Å². The number of methoxy groups -OCH3 is 1. The van der Waals surface area contributed by atoms with E-state index in [1.165, 1.54) is 0 Å². The third kappa shape index (κ3) is 7.69. The lowest BCUT2D eigenvalue weighted by atomic mass is 9.84. The average molecular weight is 472 g/mol. The molecule has 2 heterocycles. The van der Waals surface area contributed by atoms with Crippen molar-refractivity contribution in [2.24, 2.45) is 5.41 Å². The van der Waals surface area contributed by atoms with Gasteiger partial charge in [-0.1, -0.05) is 25.8 Å². The molecule has 0 bridgehead atoms. The number of nitrogens with one attached hydrogen (secondary N) is 1. The summed E-state index contributed by atoms with van der Waals surface area (Å²) in [4.78, 5) is 28.1. The summed E-state index contributed by atoms with van der Waals surface area (Å²) >= 11 is 1.90. The normalized spacial score (nSPS) is 26.4. The van der Waals surface area contributed by atoms with Gasteiger partial charge in [-0.15, -0.1) is 0 Å².